The lowest BCUT2D eigenvalue weighted by Gasteiger charge is -2.34. The van der Waals surface area contributed by atoms with Gasteiger partial charge in [-0.15, -0.1) is 0 Å². The van der Waals surface area contributed by atoms with Gasteiger partial charge in [-0.1, -0.05) is 31.5 Å². The van der Waals surface area contributed by atoms with Crippen LogP contribution in [0.2, 0.25) is 5.02 Å². The molecule has 0 saturated carbocycles. The van der Waals surface area contributed by atoms with Crippen LogP contribution in [0.5, 0.6) is 0 Å². The van der Waals surface area contributed by atoms with E-state index >= 15 is 0 Å². The highest BCUT2D eigenvalue weighted by Gasteiger charge is 2.34. The number of hydrogen-bond donors (Lipinski definition) is 1. The van der Waals surface area contributed by atoms with Crippen molar-refractivity contribution >= 4 is 46.4 Å². The summed E-state index contributed by atoms with van der Waals surface area (Å²) >= 11 is 11.1. The van der Waals surface area contributed by atoms with Gasteiger partial charge in [0.1, 0.15) is 5.57 Å². The molecule has 28 heavy (non-hydrogen) atoms. The Bertz CT molecular complexity index is 797. The van der Waals surface area contributed by atoms with Crippen molar-refractivity contribution in [1.29, 1.82) is 0 Å². The molecule has 3 rings (SSSR count). The van der Waals surface area contributed by atoms with Crippen LogP contribution in [0.25, 0.3) is 0 Å². The van der Waals surface area contributed by atoms with Crippen molar-refractivity contribution in [3.63, 3.8) is 0 Å². The van der Waals surface area contributed by atoms with Crippen molar-refractivity contribution < 1.29 is 19.1 Å². The first-order chi connectivity index (χ1) is 13.3. The number of rotatable bonds is 5. The maximum absolute atomic E-state index is 12.8. The summed E-state index contributed by atoms with van der Waals surface area (Å²) in [4.78, 5) is 26.4. The van der Waals surface area contributed by atoms with Crippen LogP contribution in [0.3, 0.4) is 0 Å². The van der Waals surface area contributed by atoms with E-state index in [0.717, 1.165) is 6.42 Å². The minimum Gasteiger partial charge on any atom is -0.352 e. The number of ether oxygens (including phenoxy) is 2. The van der Waals surface area contributed by atoms with Crippen molar-refractivity contribution in [3.05, 3.63) is 40.9 Å². The lowest BCUT2D eigenvalue weighted by Crippen LogP contribution is -2.54. The molecule has 1 aromatic rings. The Morgan fingerprint density at radius 3 is 2.54 bits per heavy atom. The molecule has 6 nitrogen and oxygen atoms in total. The molecule has 0 radical (unpaired) electrons. The molecule has 0 atom stereocenters. The first-order valence-corrected chi connectivity index (χ1v) is 9.94. The highest BCUT2D eigenvalue weighted by molar-refractivity contribution is 7.80. The topological polar surface area (TPSA) is 67.9 Å². The molecule has 1 aromatic carbocycles. The van der Waals surface area contributed by atoms with Gasteiger partial charge in [-0.25, -0.2) is 0 Å². The molecule has 2 aliphatic rings. The molecule has 8 heteroatoms. The number of nitrogens with zero attached hydrogens (tertiary/aromatic N) is 1. The summed E-state index contributed by atoms with van der Waals surface area (Å²) in [5.41, 5.74) is 0.668. The third-order valence-corrected chi connectivity index (χ3v) is 5.04. The molecule has 1 N–H and O–H groups in total. The zero-order valence-corrected chi connectivity index (χ0v) is 17.4. The normalized spacial score (nSPS) is 21.9. The number of halogens is 1. The average Bonchev–Trinajstić information content (AvgIpc) is 2.63. The molecule has 2 amide bonds. The van der Waals surface area contributed by atoms with E-state index in [9.17, 15) is 9.59 Å². The molecule has 0 aromatic heterocycles. The van der Waals surface area contributed by atoms with Crippen LogP contribution < -0.4 is 10.2 Å². The van der Waals surface area contributed by atoms with Gasteiger partial charge in [0.2, 0.25) is 0 Å². The summed E-state index contributed by atoms with van der Waals surface area (Å²) in [5.74, 6) is -0.921. The summed E-state index contributed by atoms with van der Waals surface area (Å²) in [6.45, 7) is 5.51. The zero-order chi connectivity index (χ0) is 20.3. The van der Waals surface area contributed by atoms with Crippen LogP contribution in [0, 0.1) is 5.41 Å². The fraction of sp³-hybridized carbons (Fsp3) is 0.450. The lowest BCUT2D eigenvalue weighted by atomic mass is 9.95. The number of allylic oxidation sites excluding steroid dienone is 1. The van der Waals surface area contributed by atoms with Gasteiger partial charge in [0.05, 0.1) is 18.9 Å². The van der Waals surface area contributed by atoms with Gasteiger partial charge in [-0.2, -0.15) is 0 Å². The van der Waals surface area contributed by atoms with E-state index in [1.54, 1.807) is 30.3 Å². The number of carbonyl (C=O) groups is 2. The SMILES string of the molecule is CC1(C)COC(CCC/C=C2/C(=O)NC(=S)N(c3ccc(Cl)cc3)C2=O)OC1. The van der Waals surface area contributed by atoms with Crippen molar-refractivity contribution in [2.24, 2.45) is 5.41 Å². The molecule has 150 valence electrons. The number of nitrogens with one attached hydrogen (secondary N) is 1. The highest BCUT2D eigenvalue weighted by Crippen LogP contribution is 2.26. The van der Waals surface area contributed by atoms with Crippen LogP contribution in [0.4, 0.5) is 5.69 Å². The van der Waals surface area contributed by atoms with Crippen LogP contribution >= 0.6 is 23.8 Å². The predicted octanol–water partition coefficient (Wildman–Crippen LogP) is 3.58. The van der Waals surface area contributed by atoms with Gasteiger partial charge in [-0.3, -0.25) is 19.8 Å². The summed E-state index contributed by atoms with van der Waals surface area (Å²) in [5, 5.41) is 3.18. The number of thiocarbonyl (C=S) groups is 1. The Hall–Kier alpha value is -1.80. The second-order valence-corrected chi connectivity index (χ2v) is 8.46. The fourth-order valence-electron chi connectivity index (χ4n) is 2.96. The number of unbranched alkanes of at least 4 members (excludes halogenated alkanes) is 1. The van der Waals surface area contributed by atoms with Crippen molar-refractivity contribution in [1.82, 2.24) is 5.32 Å². The standard InChI is InChI=1S/C20H23ClN2O4S/c1-20(2)11-26-16(27-12-20)6-4-3-5-15-17(24)22-19(28)23(18(15)25)14-9-7-13(21)8-10-14/h5,7-10,16H,3-4,6,11-12H2,1-2H3,(H,22,24,28)/b15-5-. The molecule has 2 aliphatic heterocycles. The Kier molecular flexibility index (Phi) is 6.50. The molecule has 2 fully saturated rings. The van der Waals surface area contributed by atoms with E-state index < -0.39 is 11.8 Å². The Balaban J connectivity index is 1.60. The van der Waals surface area contributed by atoms with Gasteiger partial charge in [0.25, 0.3) is 11.8 Å². The maximum Gasteiger partial charge on any atom is 0.269 e. The van der Waals surface area contributed by atoms with E-state index in [2.05, 4.69) is 19.2 Å². The van der Waals surface area contributed by atoms with E-state index in [0.29, 0.717) is 36.8 Å². The third kappa shape index (κ3) is 4.97. The van der Waals surface area contributed by atoms with Gasteiger partial charge in [0.15, 0.2) is 11.4 Å². The third-order valence-electron chi connectivity index (χ3n) is 4.50. The number of benzene rings is 1. The second-order valence-electron chi connectivity index (χ2n) is 7.64. The number of anilines is 1. The average molecular weight is 423 g/mol. The monoisotopic (exact) mass is 422 g/mol. The molecule has 0 aliphatic carbocycles. The molecular weight excluding hydrogens is 400 g/mol. The van der Waals surface area contributed by atoms with Crippen LogP contribution in [-0.4, -0.2) is 36.4 Å². The number of carbonyl (C=O) groups excluding carboxylic acids is 2. The van der Waals surface area contributed by atoms with Gasteiger partial charge in [0, 0.05) is 10.4 Å². The second kappa shape index (κ2) is 8.69. The maximum atomic E-state index is 12.8. The van der Waals surface area contributed by atoms with Crippen LogP contribution in [0.1, 0.15) is 33.1 Å². The van der Waals surface area contributed by atoms with Crippen LogP contribution in [-0.2, 0) is 19.1 Å². The minimum atomic E-state index is -0.480. The summed E-state index contributed by atoms with van der Waals surface area (Å²) in [6, 6.07) is 6.69. The van der Waals surface area contributed by atoms with E-state index in [-0.39, 0.29) is 22.4 Å². The smallest absolute Gasteiger partial charge is 0.269 e. The minimum absolute atomic E-state index is 0.0363. The van der Waals surface area contributed by atoms with Crippen LogP contribution in [0.15, 0.2) is 35.9 Å². The van der Waals surface area contributed by atoms with E-state index in [1.165, 1.54) is 4.90 Å². The van der Waals surface area contributed by atoms with Crippen molar-refractivity contribution in [2.45, 2.75) is 39.4 Å². The Labute approximate surface area is 174 Å². The van der Waals surface area contributed by atoms with Crippen molar-refractivity contribution in [2.75, 3.05) is 18.1 Å². The number of hydrogen-bond acceptors (Lipinski definition) is 5. The molecular formula is C20H23ClN2O4S. The van der Waals surface area contributed by atoms with Gasteiger partial charge < -0.3 is 9.47 Å². The Morgan fingerprint density at radius 2 is 1.89 bits per heavy atom. The first-order valence-electron chi connectivity index (χ1n) is 9.15. The highest BCUT2D eigenvalue weighted by atomic mass is 35.5. The lowest BCUT2D eigenvalue weighted by molar-refractivity contribution is -0.223. The predicted molar refractivity (Wildman–Crippen MR) is 111 cm³/mol. The van der Waals surface area contributed by atoms with E-state index in [4.69, 9.17) is 33.3 Å². The largest absolute Gasteiger partial charge is 0.352 e. The summed E-state index contributed by atoms with van der Waals surface area (Å²) in [6.07, 6.45) is 3.41. The van der Waals surface area contributed by atoms with Gasteiger partial charge in [-0.05, 0) is 55.7 Å². The quantitative estimate of drug-likeness (QED) is 0.340. The summed E-state index contributed by atoms with van der Waals surface area (Å²) < 4.78 is 11.4. The molecule has 0 unspecified atom stereocenters. The number of amides is 2. The molecule has 2 heterocycles. The molecule has 0 bridgehead atoms. The molecule has 2 saturated heterocycles. The summed E-state index contributed by atoms with van der Waals surface area (Å²) in [7, 11) is 0. The first kappa shape index (κ1) is 20.9. The molecule has 0 spiro atoms. The Morgan fingerprint density at radius 1 is 1.25 bits per heavy atom. The zero-order valence-electron chi connectivity index (χ0n) is 15.9. The van der Waals surface area contributed by atoms with Gasteiger partial charge >= 0.3 is 0 Å². The fourth-order valence-corrected chi connectivity index (χ4v) is 3.37. The van der Waals surface area contributed by atoms with E-state index in [1.807, 2.05) is 0 Å². The van der Waals surface area contributed by atoms with Crippen molar-refractivity contribution in [3.8, 4) is 0 Å².